The van der Waals surface area contributed by atoms with E-state index in [1.54, 1.807) is 0 Å². The molecule has 0 bridgehead atoms. The Morgan fingerprint density at radius 3 is 2.78 bits per heavy atom. The van der Waals surface area contributed by atoms with Crippen molar-refractivity contribution in [2.45, 2.75) is 19.8 Å². The Labute approximate surface area is 54.7 Å². The van der Waals surface area contributed by atoms with E-state index in [0.29, 0.717) is 0 Å². The van der Waals surface area contributed by atoms with Crippen LogP contribution in [0.2, 0.25) is 0 Å². The fraction of sp³-hybridized carbons (Fsp3) is 0.375. The number of aryl methyl sites for hydroxylation is 1. The van der Waals surface area contributed by atoms with Crippen molar-refractivity contribution >= 4 is 0 Å². The molecule has 0 N–H and O–H groups in total. The molecular formula is C8H9N. The van der Waals surface area contributed by atoms with Crippen LogP contribution < -0.4 is 0 Å². The second-order valence-corrected chi connectivity index (χ2v) is 2.48. The Kier molecular flexibility index (Phi) is 0.865. The standard InChI is InChI=1S/C8H9N/c1-2-3-6-4-8-7(6)5-9-8/h4-5H,2-3H2,1H3. The second kappa shape index (κ2) is 1.56. The van der Waals surface area contributed by atoms with Gasteiger partial charge in [0, 0.05) is 11.8 Å². The van der Waals surface area contributed by atoms with Crippen LogP contribution in [0.15, 0.2) is 12.3 Å². The maximum atomic E-state index is 4.05. The Morgan fingerprint density at radius 1 is 1.56 bits per heavy atom. The van der Waals surface area contributed by atoms with Crippen molar-refractivity contribution in [3.8, 4) is 11.3 Å². The highest BCUT2D eigenvalue weighted by molar-refractivity contribution is 5.74. The summed E-state index contributed by atoms with van der Waals surface area (Å²) in [5.74, 6) is 0. The van der Waals surface area contributed by atoms with E-state index >= 15 is 0 Å². The van der Waals surface area contributed by atoms with Crippen LogP contribution in [0.3, 0.4) is 0 Å². The number of hydrogen-bond acceptors (Lipinski definition) is 1. The minimum absolute atomic E-state index is 1.22. The van der Waals surface area contributed by atoms with Crippen molar-refractivity contribution in [1.29, 1.82) is 0 Å². The van der Waals surface area contributed by atoms with Crippen molar-refractivity contribution in [3.05, 3.63) is 17.8 Å². The molecule has 1 heterocycles. The molecule has 0 aromatic carbocycles. The molecule has 0 unspecified atom stereocenters. The smallest absolute Gasteiger partial charge is 0.0723 e. The van der Waals surface area contributed by atoms with Crippen molar-refractivity contribution in [2.24, 2.45) is 0 Å². The van der Waals surface area contributed by atoms with Crippen LogP contribution in [0.5, 0.6) is 0 Å². The van der Waals surface area contributed by atoms with Gasteiger partial charge in [0.2, 0.25) is 0 Å². The first-order chi connectivity index (χ1) is 4.42. The molecular weight excluding hydrogens is 110 g/mol. The van der Waals surface area contributed by atoms with Crippen LogP contribution in [0.1, 0.15) is 18.9 Å². The molecule has 2 rings (SSSR count). The topological polar surface area (TPSA) is 12.9 Å². The van der Waals surface area contributed by atoms with Gasteiger partial charge in [-0.2, -0.15) is 0 Å². The first kappa shape index (κ1) is 4.98. The SMILES string of the molecule is CCCc1cc2ncc1-2. The highest BCUT2D eigenvalue weighted by Gasteiger charge is 2.16. The minimum Gasteiger partial charge on any atom is -0.255 e. The third-order valence-corrected chi connectivity index (χ3v) is 1.78. The summed E-state index contributed by atoms with van der Waals surface area (Å²) >= 11 is 0. The largest absolute Gasteiger partial charge is 0.255 e. The fourth-order valence-electron chi connectivity index (χ4n) is 1.21. The van der Waals surface area contributed by atoms with E-state index in [0.717, 1.165) is 0 Å². The van der Waals surface area contributed by atoms with Crippen molar-refractivity contribution in [3.63, 3.8) is 0 Å². The van der Waals surface area contributed by atoms with Crippen LogP contribution in [-0.2, 0) is 6.42 Å². The maximum Gasteiger partial charge on any atom is 0.0723 e. The van der Waals surface area contributed by atoms with Gasteiger partial charge in [-0.15, -0.1) is 0 Å². The molecule has 0 spiro atoms. The van der Waals surface area contributed by atoms with E-state index in [-0.39, 0.29) is 0 Å². The highest BCUT2D eigenvalue weighted by Crippen LogP contribution is 2.33. The minimum atomic E-state index is 1.22. The van der Waals surface area contributed by atoms with Gasteiger partial charge in [0.25, 0.3) is 0 Å². The summed E-state index contributed by atoms with van der Waals surface area (Å²) in [6, 6.07) is 2.18. The predicted molar refractivity (Wildman–Crippen MR) is 37.2 cm³/mol. The maximum absolute atomic E-state index is 4.05. The van der Waals surface area contributed by atoms with Crippen molar-refractivity contribution in [1.82, 2.24) is 4.98 Å². The molecule has 0 aromatic rings. The summed E-state index contributed by atoms with van der Waals surface area (Å²) in [4.78, 5) is 4.05. The van der Waals surface area contributed by atoms with Gasteiger partial charge in [-0.05, 0) is 18.1 Å². The Morgan fingerprint density at radius 2 is 2.44 bits per heavy atom. The van der Waals surface area contributed by atoms with Gasteiger partial charge in [0.15, 0.2) is 0 Å². The number of rotatable bonds is 2. The van der Waals surface area contributed by atoms with E-state index in [9.17, 15) is 0 Å². The molecule has 46 valence electrons. The van der Waals surface area contributed by atoms with Crippen LogP contribution in [0.4, 0.5) is 0 Å². The van der Waals surface area contributed by atoms with E-state index in [1.165, 1.54) is 29.7 Å². The van der Waals surface area contributed by atoms with Crippen LogP contribution in [-0.4, -0.2) is 4.98 Å². The molecule has 0 saturated heterocycles. The molecule has 1 nitrogen and oxygen atoms in total. The average molecular weight is 119 g/mol. The molecule has 0 aromatic heterocycles. The van der Waals surface area contributed by atoms with Gasteiger partial charge < -0.3 is 0 Å². The molecule has 1 aliphatic heterocycles. The molecule has 0 saturated carbocycles. The molecule has 2 aliphatic rings. The average Bonchev–Trinajstić information content (AvgIpc) is 1.82. The molecule has 0 radical (unpaired) electrons. The number of hydrogen-bond donors (Lipinski definition) is 0. The summed E-state index contributed by atoms with van der Waals surface area (Å²) in [5.41, 5.74) is 4.14. The monoisotopic (exact) mass is 119 g/mol. The number of fused-ring (bicyclic) bond motifs is 1. The molecule has 0 amide bonds. The van der Waals surface area contributed by atoms with E-state index in [1.807, 2.05) is 6.20 Å². The zero-order valence-electron chi connectivity index (χ0n) is 5.52. The number of aromatic nitrogens is 1. The van der Waals surface area contributed by atoms with E-state index in [4.69, 9.17) is 0 Å². The predicted octanol–water partition coefficient (Wildman–Crippen LogP) is 2.01. The van der Waals surface area contributed by atoms with Crippen LogP contribution in [0, 0.1) is 0 Å². The van der Waals surface area contributed by atoms with Crippen LogP contribution in [0.25, 0.3) is 11.3 Å². The Hall–Kier alpha value is -0.850. The van der Waals surface area contributed by atoms with Crippen LogP contribution >= 0.6 is 0 Å². The molecule has 9 heavy (non-hydrogen) atoms. The quantitative estimate of drug-likeness (QED) is 0.589. The summed E-state index contributed by atoms with van der Waals surface area (Å²) in [7, 11) is 0. The first-order valence-corrected chi connectivity index (χ1v) is 3.41. The van der Waals surface area contributed by atoms with Crippen molar-refractivity contribution < 1.29 is 0 Å². The number of nitrogens with zero attached hydrogens (tertiary/aromatic N) is 1. The molecule has 1 heteroatoms. The lowest BCUT2D eigenvalue weighted by Gasteiger charge is -2.18. The van der Waals surface area contributed by atoms with E-state index in [2.05, 4.69) is 18.0 Å². The summed E-state index contributed by atoms with van der Waals surface area (Å²) in [5, 5.41) is 0. The van der Waals surface area contributed by atoms with Gasteiger partial charge in [0.05, 0.1) is 5.69 Å². The van der Waals surface area contributed by atoms with Gasteiger partial charge in [-0.3, -0.25) is 4.98 Å². The van der Waals surface area contributed by atoms with Crippen molar-refractivity contribution in [2.75, 3.05) is 0 Å². The molecule has 1 aliphatic carbocycles. The normalized spacial score (nSPS) is 11.7. The second-order valence-electron chi connectivity index (χ2n) is 2.48. The summed E-state index contributed by atoms with van der Waals surface area (Å²) in [6.45, 7) is 2.20. The fourth-order valence-corrected chi connectivity index (χ4v) is 1.21. The van der Waals surface area contributed by atoms with Gasteiger partial charge in [-0.25, -0.2) is 0 Å². The number of pyridine rings is 1. The van der Waals surface area contributed by atoms with Gasteiger partial charge >= 0.3 is 0 Å². The van der Waals surface area contributed by atoms with E-state index < -0.39 is 0 Å². The first-order valence-electron chi connectivity index (χ1n) is 3.41. The molecule has 0 atom stereocenters. The zero-order chi connectivity index (χ0) is 6.27. The van der Waals surface area contributed by atoms with Gasteiger partial charge in [-0.1, -0.05) is 13.3 Å². The summed E-state index contributed by atoms with van der Waals surface area (Å²) < 4.78 is 0. The third-order valence-electron chi connectivity index (χ3n) is 1.78. The Balaban J connectivity index is 2.21. The lowest BCUT2D eigenvalue weighted by Crippen LogP contribution is -2.03. The Bertz CT molecular complexity index is 240. The molecule has 0 fully saturated rings. The lowest BCUT2D eigenvalue weighted by atomic mass is 9.92. The zero-order valence-corrected chi connectivity index (χ0v) is 5.52. The van der Waals surface area contributed by atoms with Gasteiger partial charge in [0.1, 0.15) is 0 Å². The lowest BCUT2D eigenvalue weighted by molar-refractivity contribution is 0.906. The summed E-state index contributed by atoms with van der Waals surface area (Å²) in [6.07, 6.45) is 4.43. The highest BCUT2D eigenvalue weighted by atomic mass is 14.7. The third kappa shape index (κ3) is 0.517.